The van der Waals surface area contributed by atoms with Crippen molar-refractivity contribution in [3.63, 3.8) is 0 Å². The van der Waals surface area contributed by atoms with E-state index >= 15 is 0 Å². The van der Waals surface area contributed by atoms with E-state index in [9.17, 15) is 26.4 Å². The van der Waals surface area contributed by atoms with E-state index in [4.69, 9.17) is 0 Å². The van der Waals surface area contributed by atoms with Crippen LogP contribution in [0, 0.1) is 31.1 Å². The number of nitrogens with zero attached hydrogens (tertiary/aromatic N) is 4. The van der Waals surface area contributed by atoms with Gasteiger partial charge in [-0.1, -0.05) is 44.5 Å². The Hall–Kier alpha value is -2.27. The third kappa shape index (κ3) is 5.73. The lowest BCUT2D eigenvalue weighted by Crippen LogP contribution is -2.39. The number of carbonyl (C=O) groups excluding carboxylic acids is 1. The highest BCUT2D eigenvalue weighted by Gasteiger charge is 2.55. The highest BCUT2D eigenvalue weighted by molar-refractivity contribution is 7.90. The minimum absolute atomic E-state index is 0.0225. The summed E-state index contributed by atoms with van der Waals surface area (Å²) in [4.78, 5) is 13.7. The number of alkyl halides is 3. The molecule has 0 amide bonds. The summed E-state index contributed by atoms with van der Waals surface area (Å²) < 4.78 is 68.1. The molecule has 2 heterocycles. The molecule has 1 saturated heterocycles. The largest absolute Gasteiger partial charge is 0.511 e. The highest BCUT2D eigenvalue weighted by atomic mass is 32.2. The van der Waals surface area contributed by atoms with Gasteiger partial charge in [0.1, 0.15) is 17.4 Å². The van der Waals surface area contributed by atoms with Crippen molar-refractivity contribution in [3.8, 4) is 0 Å². The standard InChI is InChI=1S/C29H39F3N4O3S/c1-17-6-7-20(18(2)10-17)13-25(37)23-15-35(40(38,39)29(30,31)32)16-24(23)27-34-33-26(36(27)22-8-9-22)21-11-19(12-21)14-28(3,4)5/h6-7,10,19,21-24H,8-9,11-16H2,1-5H3/t19?,21?,23-,24-/m0/s1. The van der Waals surface area contributed by atoms with E-state index in [1.165, 1.54) is 0 Å². The van der Waals surface area contributed by atoms with Crippen molar-refractivity contribution in [2.45, 2.75) is 96.5 Å². The van der Waals surface area contributed by atoms with E-state index < -0.39 is 40.5 Å². The fraction of sp³-hybridized carbons (Fsp3) is 0.690. The van der Waals surface area contributed by atoms with Gasteiger partial charge >= 0.3 is 15.5 Å². The molecule has 5 rings (SSSR count). The molecule has 0 spiro atoms. The molecule has 3 aliphatic rings. The van der Waals surface area contributed by atoms with Crippen molar-refractivity contribution in [1.82, 2.24) is 19.1 Å². The van der Waals surface area contributed by atoms with Crippen molar-refractivity contribution >= 4 is 15.8 Å². The molecule has 2 aliphatic carbocycles. The number of carbonyl (C=O) groups is 1. The number of aryl methyl sites for hydroxylation is 2. The minimum atomic E-state index is -5.59. The van der Waals surface area contributed by atoms with Gasteiger partial charge in [-0.15, -0.1) is 10.2 Å². The zero-order valence-electron chi connectivity index (χ0n) is 23.8. The smallest absolute Gasteiger partial charge is 0.311 e. The van der Waals surface area contributed by atoms with Crippen molar-refractivity contribution in [1.29, 1.82) is 0 Å². The van der Waals surface area contributed by atoms with Crippen LogP contribution in [0.4, 0.5) is 13.2 Å². The van der Waals surface area contributed by atoms with Crippen molar-refractivity contribution in [2.75, 3.05) is 13.1 Å². The van der Waals surface area contributed by atoms with Crippen LogP contribution < -0.4 is 0 Å². The van der Waals surface area contributed by atoms with E-state index in [0.29, 0.717) is 16.0 Å². The van der Waals surface area contributed by atoms with Gasteiger partial charge < -0.3 is 4.57 Å². The summed E-state index contributed by atoms with van der Waals surface area (Å²) in [6.07, 6.45) is 4.92. The maximum Gasteiger partial charge on any atom is 0.511 e. The van der Waals surface area contributed by atoms with Gasteiger partial charge in [-0.2, -0.15) is 17.5 Å². The molecule has 3 fully saturated rings. The molecule has 0 unspecified atom stereocenters. The molecule has 0 N–H and O–H groups in total. The molecule has 1 aromatic heterocycles. The predicted octanol–water partition coefficient (Wildman–Crippen LogP) is 5.84. The Bertz CT molecular complexity index is 1390. The van der Waals surface area contributed by atoms with E-state index in [-0.39, 0.29) is 29.6 Å². The molecule has 11 heteroatoms. The molecule has 2 saturated carbocycles. The van der Waals surface area contributed by atoms with Gasteiger partial charge in [0.05, 0.1) is 0 Å². The quantitative estimate of drug-likeness (QED) is 0.392. The molecule has 2 aromatic rings. The van der Waals surface area contributed by atoms with Gasteiger partial charge in [-0.3, -0.25) is 4.79 Å². The molecular weight excluding hydrogens is 541 g/mol. The lowest BCUT2D eigenvalue weighted by Gasteiger charge is -2.38. The second-order valence-electron chi connectivity index (χ2n) is 13.4. The summed E-state index contributed by atoms with van der Waals surface area (Å²) in [6, 6.07) is 5.84. The number of rotatable bonds is 8. The Labute approximate surface area is 234 Å². The van der Waals surface area contributed by atoms with Crippen LogP contribution in [0.2, 0.25) is 0 Å². The molecule has 40 heavy (non-hydrogen) atoms. The number of hydrogen-bond donors (Lipinski definition) is 0. The van der Waals surface area contributed by atoms with Gasteiger partial charge in [-0.05, 0) is 68.4 Å². The molecule has 1 aliphatic heterocycles. The predicted molar refractivity (Wildman–Crippen MR) is 145 cm³/mol. The zero-order chi connectivity index (χ0) is 29.2. The maximum atomic E-state index is 13.7. The SMILES string of the molecule is Cc1ccc(CC(=O)[C@H]2CN(S(=O)(=O)C(F)(F)F)C[C@@H]2c2nnc(C3CC(CC(C)(C)C)C3)n2C2CC2)c(C)c1. The van der Waals surface area contributed by atoms with Crippen LogP contribution in [0.25, 0.3) is 0 Å². The van der Waals surface area contributed by atoms with Crippen molar-refractivity contribution in [3.05, 3.63) is 46.5 Å². The molecule has 1 aromatic carbocycles. The number of Topliss-reactive ketones (excluding diaryl/α,β-unsaturated/α-hetero) is 1. The first-order chi connectivity index (χ1) is 18.5. The molecule has 0 bridgehead atoms. The zero-order valence-corrected chi connectivity index (χ0v) is 24.6. The first kappa shape index (κ1) is 29.2. The van der Waals surface area contributed by atoms with Crippen LogP contribution in [0.1, 0.15) is 99.1 Å². The fourth-order valence-electron chi connectivity index (χ4n) is 6.59. The van der Waals surface area contributed by atoms with Crippen LogP contribution in [0.15, 0.2) is 18.2 Å². The lowest BCUT2D eigenvalue weighted by atomic mass is 9.68. The van der Waals surface area contributed by atoms with Gasteiger partial charge in [-0.25, -0.2) is 8.42 Å². The van der Waals surface area contributed by atoms with Crippen molar-refractivity contribution in [2.24, 2.45) is 17.3 Å². The third-order valence-electron chi connectivity index (χ3n) is 8.69. The molecule has 220 valence electrons. The number of hydrogen-bond acceptors (Lipinski definition) is 5. The Morgan fingerprint density at radius 1 is 1.02 bits per heavy atom. The van der Waals surface area contributed by atoms with Gasteiger partial charge in [0, 0.05) is 43.3 Å². The van der Waals surface area contributed by atoms with E-state index in [1.807, 2.05) is 36.6 Å². The van der Waals surface area contributed by atoms with Gasteiger partial charge in [0.25, 0.3) is 0 Å². The van der Waals surface area contributed by atoms with Crippen LogP contribution in [0.5, 0.6) is 0 Å². The van der Waals surface area contributed by atoms with Gasteiger partial charge in [0.15, 0.2) is 0 Å². The van der Waals surface area contributed by atoms with Crippen LogP contribution in [0.3, 0.4) is 0 Å². The summed E-state index contributed by atoms with van der Waals surface area (Å²) >= 11 is 0. The Kier molecular flexibility index (Phi) is 7.47. The first-order valence-corrected chi connectivity index (χ1v) is 15.6. The Morgan fingerprint density at radius 3 is 2.25 bits per heavy atom. The molecule has 0 radical (unpaired) electrons. The minimum Gasteiger partial charge on any atom is -0.311 e. The monoisotopic (exact) mass is 580 g/mol. The van der Waals surface area contributed by atoms with E-state index in [1.54, 1.807) is 0 Å². The number of halogens is 3. The normalized spacial score (nSPS) is 26.2. The number of benzene rings is 1. The average molecular weight is 581 g/mol. The number of aromatic nitrogens is 3. The fourth-order valence-corrected chi connectivity index (χ4v) is 7.60. The first-order valence-electron chi connectivity index (χ1n) is 14.1. The second kappa shape index (κ2) is 10.2. The van der Waals surface area contributed by atoms with E-state index in [2.05, 4.69) is 31.0 Å². The molecule has 2 atom stereocenters. The van der Waals surface area contributed by atoms with E-state index in [0.717, 1.165) is 54.6 Å². The van der Waals surface area contributed by atoms with Crippen LogP contribution >= 0.6 is 0 Å². The average Bonchev–Trinajstić information content (AvgIpc) is 3.38. The van der Waals surface area contributed by atoms with Crippen LogP contribution in [-0.4, -0.2) is 51.9 Å². The van der Waals surface area contributed by atoms with Crippen molar-refractivity contribution < 1.29 is 26.4 Å². The molecule has 7 nitrogen and oxygen atoms in total. The Balaban J connectivity index is 1.46. The maximum absolute atomic E-state index is 13.7. The van der Waals surface area contributed by atoms with Gasteiger partial charge in [0.2, 0.25) is 0 Å². The summed E-state index contributed by atoms with van der Waals surface area (Å²) in [7, 11) is -5.59. The third-order valence-corrected chi connectivity index (χ3v) is 10.3. The number of sulfonamides is 1. The highest BCUT2D eigenvalue weighted by Crippen LogP contribution is 2.50. The Morgan fingerprint density at radius 2 is 1.68 bits per heavy atom. The van der Waals surface area contributed by atoms with Crippen LogP contribution in [-0.2, 0) is 21.2 Å². The number of ketones is 1. The topological polar surface area (TPSA) is 85.2 Å². The second-order valence-corrected chi connectivity index (χ2v) is 15.3. The summed E-state index contributed by atoms with van der Waals surface area (Å²) in [6.45, 7) is 9.56. The summed E-state index contributed by atoms with van der Waals surface area (Å²) in [5, 5.41) is 8.99. The lowest BCUT2D eigenvalue weighted by molar-refractivity contribution is -0.122. The molecular formula is C29H39F3N4O3S. The summed E-state index contributed by atoms with van der Waals surface area (Å²) in [5.41, 5.74) is -2.46. The summed E-state index contributed by atoms with van der Waals surface area (Å²) in [5.74, 6) is 0.0810.